The summed E-state index contributed by atoms with van der Waals surface area (Å²) in [5, 5.41) is 23.9. The van der Waals surface area contributed by atoms with Crippen molar-refractivity contribution in [2.45, 2.75) is 315 Å². The molecule has 1 amide bonds. The summed E-state index contributed by atoms with van der Waals surface area (Å²) < 4.78 is 5.96. The van der Waals surface area contributed by atoms with Gasteiger partial charge in [-0.1, -0.05) is 248 Å². The lowest BCUT2D eigenvalue weighted by molar-refractivity contribution is -0.151. The lowest BCUT2D eigenvalue weighted by Crippen LogP contribution is -2.46. The molecule has 0 aromatic carbocycles. The summed E-state index contributed by atoms with van der Waals surface area (Å²) in [6.45, 7) is 6.45. The van der Waals surface area contributed by atoms with Crippen molar-refractivity contribution in [3.63, 3.8) is 0 Å². The van der Waals surface area contributed by atoms with Crippen LogP contribution in [-0.4, -0.2) is 46.9 Å². The Morgan fingerprint density at radius 2 is 0.750 bits per heavy atom. The number of ether oxygens (including phenoxy) is 1. The van der Waals surface area contributed by atoms with Crippen LogP contribution in [0.5, 0.6) is 0 Å². The molecule has 0 radical (unpaired) electrons. The molecular formula is C62H113NO5. The summed E-state index contributed by atoms with van der Waals surface area (Å²) >= 11 is 0. The minimum Gasteiger partial charge on any atom is -0.462 e. The van der Waals surface area contributed by atoms with Crippen molar-refractivity contribution in [2.24, 2.45) is 0 Å². The number of carbonyl (C=O) groups excluding carboxylic acids is 2. The van der Waals surface area contributed by atoms with Gasteiger partial charge in [0.15, 0.2) is 0 Å². The van der Waals surface area contributed by atoms with Gasteiger partial charge in [-0.2, -0.15) is 0 Å². The van der Waals surface area contributed by atoms with Crippen molar-refractivity contribution in [3.8, 4) is 0 Å². The minimum atomic E-state index is -0.798. The lowest BCUT2D eigenvalue weighted by Gasteiger charge is -2.24. The Kier molecular flexibility index (Phi) is 53.5. The average Bonchev–Trinajstić information content (AvgIpc) is 3.33. The monoisotopic (exact) mass is 952 g/mol. The molecule has 0 heterocycles. The molecule has 0 saturated carbocycles. The fourth-order valence-electron chi connectivity index (χ4n) is 8.82. The van der Waals surface area contributed by atoms with Gasteiger partial charge in [-0.15, -0.1) is 0 Å². The predicted octanol–water partition coefficient (Wildman–Crippen LogP) is 18.4. The molecule has 0 rings (SSSR count). The number of hydrogen-bond acceptors (Lipinski definition) is 5. The SMILES string of the molecule is CCCCC/C=C\C/C=C\C/C=C\CCCCCCC(CC(=O)NC(CO)C(O)CCCCCCCCCCCCCCCCC)OC(=O)CCCCCCCCC/C=C\C/C=C\CCCCC. The largest absolute Gasteiger partial charge is 0.462 e. The number of allylic oxidation sites excluding steroid dienone is 10. The molecular weight excluding hydrogens is 839 g/mol. The third kappa shape index (κ3) is 50.0. The van der Waals surface area contributed by atoms with Crippen molar-refractivity contribution in [1.82, 2.24) is 5.32 Å². The molecule has 0 aromatic heterocycles. The van der Waals surface area contributed by atoms with E-state index in [0.29, 0.717) is 19.3 Å². The van der Waals surface area contributed by atoms with Crippen molar-refractivity contribution in [1.29, 1.82) is 0 Å². The second-order valence-electron chi connectivity index (χ2n) is 20.0. The van der Waals surface area contributed by atoms with Crippen LogP contribution in [0.4, 0.5) is 0 Å². The van der Waals surface area contributed by atoms with E-state index in [-0.39, 0.29) is 24.9 Å². The summed E-state index contributed by atoms with van der Waals surface area (Å²) in [5.74, 6) is -0.496. The Morgan fingerprint density at radius 3 is 1.16 bits per heavy atom. The fourth-order valence-corrected chi connectivity index (χ4v) is 8.82. The first kappa shape index (κ1) is 65.6. The number of hydrogen-bond donors (Lipinski definition) is 3. The number of unbranched alkanes of at least 4 members (excludes halogenated alkanes) is 31. The van der Waals surface area contributed by atoms with Crippen LogP contribution in [0.1, 0.15) is 297 Å². The molecule has 0 aliphatic carbocycles. The molecule has 0 aliphatic rings. The molecule has 68 heavy (non-hydrogen) atoms. The highest BCUT2D eigenvalue weighted by Crippen LogP contribution is 2.18. The smallest absolute Gasteiger partial charge is 0.306 e. The predicted molar refractivity (Wildman–Crippen MR) is 296 cm³/mol. The second kappa shape index (κ2) is 55.5. The summed E-state index contributed by atoms with van der Waals surface area (Å²) in [6.07, 6.45) is 69.9. The molecule has 3 unspecified atom stereocenters. The standard InChI is InChI=1S/C62H113NO5/c1-4-7-10-13-16-19-22-25-28-30-33-35-38-41-44-47-50-53-58(68-62(67)55-52-49-46-43-40-37-34-31-29-26-23-20-17-14-11-8-5-2)56-61(66)63-59(57-64)60(65)54-51-48-45-42-39-36-32-27-24-21-18-15-12-9-6-3/h16-17,19-20,25-26,28-29,33,35,58-60,64-65H,4-15,18,21-24,27,30-32,34,36-57H2,1-3H3,(H,63,66)/b19-16-,20-17-,28-25-,29-26-,35-33-. The van der Waals surface area contributed by atoms with E-state index in [9.17, 15) is 19.8 Å². The zero-order valence-corrected chi connectivity index (χ0v) is 45.2. The average molecular weight is 953 g/mol. The first-order chi connectivity index (χ1) is 33.5. The number of carbonyl (C=O) groups is 2. The number of aliphatic hydroxyl groups is 2. The van der Waals surface area contributed by atoms with Crippen LogP contribution in [0.3, 0.4) is 0 Å². The molecule has 6 nitrogen and oxygen atoms in total. The third-order valence-electron chi connectivity index (χ3n) is 13.3. The Hall–Kier alpha value is -2.44. The highest BCUT2D eigenvalue weighted by atomic mass is 16.5. The molecule has 3 N–H and O–H groups in total. The molecule has 0 saturated heterocycles. The summed E-state index contributed by atoms with van der Waals surface area (Å²) in [6, 6.07) is -0.713. The summed E-state index contributed by atoms with van der Waals surface area (Å²) in [7, 11) is 0. The molecule has 0 fully saturated rings. The number of rotatable bonds is 53. The zero-order valence-electron chi connectivity index (χ0n) is 45.2. The molecule has 0 aromatic rings. The summed E-state index contributed by atoms with van der Waals surface area (Å²) in [5.41, 5.74) is 0. The Morgan fingerprint density at radius 1 is 0.426 bits per heavy atom. The molecule has 0 spiro atoms. The Labute approximate surface area is 422 Å². The zero-order chi connectivity index (χ0) is 49.5. The maximum Gasteiger partial charge on any atom is 0.306 e. The van der Waals surface area contributed by atoms with E-state index in [2.05, 4.69) is 86.8 Å². The molecule has 6 heteroatoms. The Bertz CT molecular complexity index is 1210. The van der Waals surface area contributed by atoms with Gasteiger partial charge in [-0.3, -0.25) is 9.59 Å². The number of amides is 1. The lowest BCUT2D eigenvalue weighted by atomic mass is 10.0. The van der Waals surface area contributed by atoms with Crippen LogP contribution < -0.4 is 5.32 Å². The Balaban J connectivity index is 4.62. The maximum absolute atomic E-state index is 13.3. The van der Waals surface area contributed by atoms with Gasteiger partial charge in [0.25, 0.3) is 0 Å². The highest BCUT2D eigenvalue weighted by molar-refractivity contribution is 5.77. The van der Waals surface area contributed by atoms with Crippen molar-refractivity contribution >= 4 is 11.9 Å². The van der Waals surface area contributed by atoms with Gasteiger partial charge < -0.3 is 20.3 Å². The molecule has 3 atom stereocenters. The van der Waals surface area contributed by atoms with Gasteiger partial charge in [0, 0.05) is 6.42 Å². The van der Waals surface area contributed by atoms with Crippen LogP contribution in [0.2, 0.25) is 0 Å². The van der Waals surface area contributed by atoms with Gasteiger partial charge in [0.2, 0.25) is 5.91 Å². The maximum atomic E-state index is 13.3. The molecule has 0 aliphatic heterocycles. The summed E-state index contributed by atoms with van der Waals surface area (Å²) in [4.78, 5) is 26.3. The van der Waals surface area contributed by atoms with Gasteiger partial charge in [-0.05, 0) is 96.3 Å². The van der Waals surface area contributed by atoms with Crippen molar-refractivity contribution in [2.75, 3.05) is 6.61 Å². The number of nitrogens with one attached hydrogen (secondary N) is 1. The van der Waals surface area contributed by atoms with Crippen LogP contribution in [-0.2, 0) is 14.3 Å². The van der Waals surface area contributed by atoms with Crippen molar-refractivity contribution < 1.29 is 24.5 Å². The van der Waals surface area contributed by atoms with Gasteiger partial charge in [-0.25, -0.2) is 0 Å². The van der Waals surface area contributed by atoms with Gasteiger partial charge in [0.05, 0.1) is 25.2 Å². The van der Waals surface area contributed by atoms with E-state index in [0.717, 1.165) is 96.3 Å². The molecule has 0 bridgehead atoms. The van der Waals surface area contributed by atoms with Crippen LogP contribution in [0.15, 0.2) is 60.8 Å². The van der Waals surface area contributed by atoms with E-state index in [1.807, 2.05) is 0 Å². The van der Waals surface area contributed by atoms with E-state index >= 15 is 0 Å². The van der Waals surface area contributed by atoms with Gasteiger partial charge in [0.1, 0.15) is 6.10 Å². The highest BCUT2D eigenvalue weighted by Gasteiger charge is 2.24. The first-order valence-corrected chi connectivity index (χ1v) is 29.5. The topological polar surface area (TPSA) is 95.9 Å². The number of esters is 1. The van der Waals surface area contributed by atoms with Crippen molar-refractivity contribution in [3.05, 3.63) is 60.8 Å². The normalized spacial score (nSPS) is 13.5. The van der Waals surface area contributed by atoms with E-state index in [1.54, 1.807) is 0 Å². The van der Waals surface area contributed by atoms with Gasteiger partial charge >= 0.3 is 5.97 Å². The quantitative estimate of drug-likeness (QED) is 0.0321. The van der Waals surface area contributed by atoms with Crippen LogP contribution >= 0.6 is 0 Å². The van der Waals surface area contributed by atoms with Crippen LogP contribution in [0, 0.1) is 0 Å². The van der Waals surface area contributed by atoms with E-state index in [1.165, 1.54) is 154 Å². The molecule has 396 valence electrons. The van der Waals surface area contributed by atoms with E-state index in [4.69, 9.17) is 4.74 Å². The van der Waals surface area contributed by atoms with E-state index < -0.39 is 18.2 Å². The second-order valence-corrected chi connectivity index (χ2v) is 20.0. The van der Waals surface area contributed by atoms with Crippen LogP contribution in [0.25, 0.3) is 0 Å². The number of aliphatic hydroxyl groups excluding tert-OH is 2. The third-order valence-corrected chi connectivity index (χ3v) is 13.3. The fraction of sp³-hybridized carbons (Fsp3) is 0.806. The first-order valence-electron chi connectivity index (χ1n) is 29.5. The minimum absolute atomic E-state index is 0.0593.